The SMILES string of the molecule is CC(C)N(CC(=O)Nc1nc(CC(=O)Nc2ccc(F)cc2)cs1)C(=O)c1ccc(Cl)cc1. The van der Waals surface area contributed by atoms with E-state index >= 15 is 0 Å². The Hall–Kier alpha value is -3.30. The summed E-state index contributed by atoms with van der Waals surface area (Å²) in [5, 5.41) is 7.84. The third kappa shape index (κ3) is 7.10. The number of benzene rings is 2. The van der Waals surface area contributed by atoms with Gasteiger partial charge in [-0.3, -0.25) is 14.4 Å². The van der Waals surface area contributed by atoms with E-state index in [2.05, 4.69) is 15.6 Å². The predicted molar refractivity (Wildman–Crippen MR) is 127 cm³/mol. The van der Waals surface area contributed by atoms with Crippen molar-refractivity contribution in [2.45, 2.75) is 26.3 Å². The van der Waals surface area contributed by atoms with Crippen molar-refractivity contribution in [2.24, 2.45) is 0 Å². The minimum absolute atomic E-state index is 0.00306. The maximum absolute atomic E-state index is 13.0. The Balaban J connectivity index is 1.56. The van der Waals surface area contributed by atoms with E-state index in [0.29, 0.717) is 27.1 Å². The lowest BCUT2D eigenvalue weighted by molar-refractivity contribution is -0.117. The molecule has 0 fully saturated rings. The molecule has 33 heavy (non-hydrogen) atoms. The van der Waals surface area contributed by atoms with Crippen molar-refractivity contribution in [3.8, 4) is 0 Å². The van der Waals surface area contributed by atoms with Gasteiger partial charge >= 0.3 is 0 Å². The van der Waals surface area contributed by atoms with E-state index in [9.17, 15) is 18.8 Å². The zero-order valence-corrected chi connectivity index (χ0v) is 19.5. The van der Waals surface area contributed by atoms with Crippen LogP contribution in [0.3, 0.4) is 0 Å². The Morgan fingerprint density at radius 2 is 1.70 bits per heavy atom. The van der Waals surface area contributed by atoms with Crippen molar-refractivity contribution in [3.05, 3.63) is 76.0 Å². The molecule has 1 heterocycles. The molecule has 7 nitrogen and oxygen atoms in total. The summed E-state index contributed by atoms with van der Waals surface area (Å²) in [6.45, 7) is 3.49. The first-order valence-corrected chi connectivity index (χ1v) is 11.3. The standard InChI is InChI=1S/C23H22ClFN4O3S/c1-14(2)29(22(32)15-3-5-16(24)6-4-15)12-21(31)28-23-27-19(13-33-23)11-20(30)26-18-9-7-17(25)8-10-18/h3-10,13-14H,11-12H2,1-2H3,(H,26,30)(H,27,28,31). The molecule has 0 bridgehead atoms. The molecule has 0 atom stereocenters. The Labute approximate surface area is 199 Å². The number of aromatic nitrogens is 1. The van der Waals surface area contributed by atoms with Gasteiger partial charge in [0.05, 0.1) is 12.1 Å². The average Bonchev–Trinajstić information content (AvgIpc) is 3.19. The van der Waals surface area contributed by atoms with Gasteiger partial charge in [0, 0.05) is 27.7 Å². The van der Waals surface area contributed by atoms with Crippen LogP contribution in [0.1, 0.15) is 29.9 Å². The van der Waals surface area contributed by atoms with Crippen LogP contribution in [0.25, 0.3) is 0 Å². The Bertz CT molecular complexity index is 1130. The van der Waals surface area contributed by atoms with Gasteiger partial charge in [-0.25, -0.2) is 9.37 Å². The third-order valence-electron chi connectivity index (χ3n) is 4.56. The number of nitrogens with one attached hydrogen (secondary N) is 2. The van der Waals surface area contributed by atoms with E-state index in [1.165, 1.54) is 40.5 Å². The number of hydrogen-bond acceptors (Lipinski definition) is 5. The number of amides is 3. The van der Waals surface area contributed by atoms with Gasteiger partial charge in [-0.05, 0) is 62.4 Å². The molecule has 1 aromatic heterocycles. The number of thiazole rings is 1. The van der Waals surface area contributed by atoms with Gasteiger partial charge in [0.25, 0.3) is 5.91 Å². The average molecular weight is 489 g/mol. The summed E-state index contributed by atoms with van der Waals surface area (Å²) in [5.41, 5.74) is 1.39. The summed E-state index contributed by atoms with van der Waals surface area (Å²) in [7, 11) is 0. The molecule has 172 valence electrons. The molecule has 0 aliphatic heterocycles. The summed E-state index contributed by atoms with van der Waals surface area (Å²) < 4.78 is 13.0. The predicted octanol–water partition coefficient (Wildman–Crippen LogP) is 4.61. The maximum atomic E-state index is 13.0. The molecule has 3 amide bonds. The van der Waals surface area contributed by atoms with E-state index in [1.54, 1.807) is 29.6 Å². The van der Waals surface area contributed by atoms with Gasteiger partial charge in [0.1, 0.15) is 12.4 Å². The van der Waals surface area contributed by atoms with Gasteiger partial charge in [-0.2, -0.15) is 0 Å². The first-order chi connectivity index (χ1) is 15.7. The number of carbonyl (C=O) groups excluding carboxylic acids is 3. The summed E-state index contributed by atoms with van der Waals surface area (Å²) in [4.78, 5) is 43.2. The summed E-state index contributed by atoms with van der Waals surface area (Å²) in [5.74, 6) is -1.39. The smallest absolute Gasteiger partial charge is 0.254 e. The first kappa shape index (κ1) is 24.3. The highest BCUT2D eigenvalue weighted by Crippen LogP contribution is 2.18. The second-order valence-electron chi connectivity index (χ2n) is 7.46. The van der Waals surface area contributed by atoms with Gasteiger partial charge in [-0.1, -0.05) is 11.6 Å². The van der Waals surface area contributed by atoms with Crippen LogP contribution >= 0.6 is 22.9 Å². The van der Waals surface area contributed by atoms with Crippen molar-refractivity contribution in [1.29, 1.82) is 0 Å². The second kappa shape index (κ2) is 11.0. The highest BCUT2D eigenvalue weighted by molar-refractivity contribution is 7.13. The van der Waals surface area contributed by atoms with Crippen molar-refractivity contribution in [1.82, 2.24) is 9.88 Å². The molecule has 0 aliphatic carbocycles. The molecule has 3 rings (SSSR count). The van der Waals surface area contributed by atoms with Crippen LogP contribution in [-0.4, -0.2) is 40.2 Å². The van der Waals surface area contributed by atoms with Crippen molar-refractivity contribution >= 4 is 51.5 Å². The molecule has 0 spiro atoms. The van der Waals surface area contributed by atoms with Crippen molar-refractivity contribution in [2.75, 3.05) is 17.2 Å². The zero-order chi connectivity index (χ0) is 24.0. The molecular weight excluding hydrogens is 467 g/mol. The van der Waals surface area contributed by atoms with Crippen LogP contribution in [0.2, 0.25) is 5.02 Å². The van der Waals surface area contributed by atoms with Gasteiger partial charge in [-0.15, -0.1) is 11.3 Å². The van der Waals surface area contributed by atoms with E-state index in [-0.39, 0.29) is 30.8 Å². The minimum atomic E-state index is -0.400. The summed E-state index contributed by atoms with van der Waals surface area (Å²) in [6.07, 6.45) is -0.00306. The number of hydrogen-bond donors (Lipinski definition) is 2. The lowest BCUT2D eigenvalue weighted by Gasteiger charge is -2.26. The van der Waals surface area contributed by atoms with E-state index in [4.69, 9.17) is 11.6 Å². The number of nitrogens with zero attached hydrogens (tertiary/aromatic N) is 2. The van der Waals surface area contributed by atoms with Crippen LogP contribution in [-0.2, 0) is 16.0 Å². The molecule has 0 saturated carbocycles. The lowest BCUT2D eigenvalue weighted by Crippen LogP contribution is -2.42. The minimum Gasteiger partial charge on any atom is -0.327 e. The van der Waals surface area contributed by atoms with Crippen molar-refractivity contribution in [3.63, 3.8) is 0 Å². The van der Waals surface area contributed by atoms with Crippen molar-refractivity contribution < 1.29 is 18.8 Å². The van der Waals surface area contributed by atoms with Crippen LogP contribution in [0, 0.1) is 5.82 Å². The van der Waals surface area contributed by atoms with Crippen LogP contribution in [0.5, 0.6) is 0 Å². The highest BCUT2D eigenvalue weighted by Gasteiger charge is 2.22. The maximum Gasteiger partial charge on any atom is 0.254 e. The van der Waals surface area contributed by atoms with Gasteiger partial charge in [0.2, 0.25) is 11.8 Å². The number of carbonyl (C=O) groups is 3. The highest BCUT2D eigenvalue weighted by atomic mass is 35.5. The molecular formula is C23H22ClFN4O3S. The molecule has 0 aliphatic rings. The number of rotatable bonds is 8. The topological polar surface area (TPSA) is 91.4 Å². The molecule has 0 radical (unpaired) electrons. The first-order valence-electron chi connectivity index (χ1n) is 10.1. The Morgan fingerprint density at radius 1 is 1.03 bits per heavy atom. The number of halogens is 2. The lowest BCUT2D eigenvalue weighted by atomic mass is 10.1. The summed E-state index contributed by atoms with van der Waals surface area (Å²) in [6, 6.07) is 11.7. The molecule has 10 heteroatoms. The largest absolute Gasteiger partial charge is 0.327 e. The van der Waals surface area contributed by atoms with Crippen LogP contribution in [0.4, 0.5) is 15.2 Å². The molecule has 0 saturated heterocycles. The van der Waals surface area contributed by atoms with Gasteiger partial charge in [0.15, 0.2) is 5.13 Å². The number of anilines is 2. The zero-order valence-electron chi connectivity index (χ0n) is 18.0. The monoisotopic (exact) mass is 488 g/mol. The Kier molecular flexibility index (Phi) is 8.13. The summed E-state index contributed by atoms with van der Waals surface area (Å²) >= 11 is 7.06. The fourth-order valence-electron chi connectivity index (χ4n) is 2.91. The van der Waals surface area contributed by atoms with E-state index in [1.807, 2.05) is 13.8 Å². The normalized spacial score (nSPS) is 10.7. The van der Waals surface area contributed by atoms with Gasteiger partial charge < -0.3 is 15.5 Å². The van der Waals surface area contributed by atoms with E-state index < -0.39 is 11.7 Å². The molecule has 0 unspecified atom stereocenters. The molecule has 2 N–H and O–H groups in total. The van der Waals surface area contributed by atoms with E-state index in [0.717, 1.165) is 0 Å². The van der Waals surface area contributed by atoms with Crippen LogP contribution in [0.15, 0.2) is 53.9 Å². The van der Waals surface area contributed by atoms with Crippen LogP contribution < -0.4 is 10.6 Å². The second-order valence-corrected chi connectivity index (χ2v) is 8.75. The quantitative estimate of drug-likeness (QED) is 0.484. The third-order valence-corrected chi connectivity index (χ3v) is 5.62. The molecule has 3 aromatic rings. The molecule has 2 aromatic carbocycles. The fourth-order valence-corrected chi connectivity index (χ4v) is 3.76. The Morgan fingerprint density at radius 3 is 2.33 bits per heavy atom. The fraction of sp³-hybridized carbons (Fsp3) is 0.217.